The number of hydrogen-bond acceptors (Lipinski definition) is 5. The lowest BCUT2D eigenvalue weighted by Gasteiger charge is -2.30. The number of hydrogen-bond donors (Lipinski definition) is 1. The van der Waals surface area contributed by atoms with Crippen LogP contribution in [0.2, 0.25) is 0 Å². The molecule has 5 heteroatoms. The van der Waals surface area contributed by atoms with Gasteiger partial charge >= 0.3 is 0 Å². The van der Waals surface area contributed by atoms with E-state index >= 15 is 0 Å². The molecular weight excluding hydrogens is 242 g/mol. The normalized spacial score (nSPS) is 33.0. The second kappa shape index (κ2) is 5.59. The summed E-state index contributed by atoms with van der Waals surface area (Å²) < 4.78 is 11.3. The van der Waals surface area contributed by atoms with Gasteiger partial charge < -0.3 is 14.6 Å². The van der Waals surface area contributed by atoms with Gasteiger partial charge in [-0.3, -0.25) is 0 Å². The summed E-state index contributed by atoms with van der Waals surface area (Å²) >= 11 is 0. The van der Waals surface area contributed by atoms with Crippen LogP contribution in [-0.4, -0.2) is 23.3 Å². The molecule has 0 saturated carbocycles. The third kappa shape index (κ3) is 2.82. The van der Waals surface area contributed by atoms with Gasteiger partial charge in [0.1, 0.15) is 5.60 Å². The molecule has 106 valence electrons. The molecule has 0 spiro atoms. The molecule has 2 saturated heterocycles. The monoisotopic (exact) mass is 265 g/mol. The van der Waals surface area contributed by atoms with Crippen LogP contribution in [0.5, 0.6) is 0 Å². The van der Waals surface area contributed by atoms with Crippen molar-refractivity contribution in [1.82, 2.24) is 15.5 Å². The van der Waals surface area contributed by atoms with Gasteiger partial charge in [-0.15, -0.1) is 0 Å². The molecule has 2 atom stereocenters. The highest BCUT2D eigenvalue weighted by Gasteiger charge is 2.35. The van der Waals surface area contributed by atoms with E-state index in [0.717, 1.165) is 38.3 Å². The van der Waals surface area contributed by atoms with Crippen molar-refractivity contribution in [3.63, 3.8) is 0 Å². The minimum Gasteiger partial charge on any atom is -0.367 e. The van der Waals surface area contributed by atoms with E-state index in [1.807, 2.05) is 0 Å². The fraction of sp³-hybridized carbons (Fsp3) is 0.857. The van der Waals surface area contributed by atoms with Gasteiger partial charge in [-0.05, 0) is 45.6 Å². The number of aromatic nitrogens is 2. The van der Waals surface area contributed by atoms with Crippen molar-refractivity contribution in [2.75, 3.05) is 13.2 Å². The lowest BCUT2D eigenvalue weighted by Crippen LogP contribution is -2.31. The summed E-state index contributed by atoms with van der Waals surface area (Å²) in [6, 6.07) is 0.218. The van der Waals surface area contributed by atoms with E-state index in [1.54, 1.807) is 0 Å². The summed E-state index contributed by atoms with van der Waals surface area (Å²) in [4.78, 5) is 4.61. The first-order valence-corrected chi connectivity index (χ1v) is 7.49. The molecule has 2 fully saturated rings. The highest BCUT2D eigenvalue weighted by molar-refractivity contribution is 5.03. The van der Waals surface area contributed by atoms with Crippen molar-refractivity contribution in [3.8, 4) is 0 Å². The maximum atomic E-state index is 5.87. The van der Waals surface area contributed by atoms with Gasteiger partial charge in [0, 0.05) is 6.61 Å². The van der Waals surface area contributed by atoms with Crippen molar-refractivity contribution < 1.29 is 9.26 Å². The van der Waals surface area contributed by atoms with Crippen LogP contribution in [0.15, 0.2) is 4.52 Å². The zero-order valence-corrected chi connectivity index (χ0v) is 11.7. The summed E-state index contributed by atoms with van der Waals surface area (Å²) in [5.74, 6) is 1.44. The predicted octanol–water partition coefficient (Wildman–Crippen LogP) is 2.69. The molecule has 3 heterocycles. The number of rotatable bonds is 2. The topological polar surface area (TPSA) is 60.2 Å². The van der Waals surface area contributed by atoms with Gasteiger partial charge in [0.2, 0.25) is 11.7 Å². The average Bonchev–Trinajstić information content (AvgIpc) is 2.77. The van der Waals surface area contributed by atoms with Gasteiger partial charge in [0.25, 0.3) is 0 Å². The van der Waals surface area contributed by atoms with Crippen LogP contribution >= 0.6 is 0 Å². The van der Waals surface area contributed by atoms with Crippen LogP contribution in [0, 0.1) is 0 Å². The fourth-order valence-electron chi connectivity index (χ4n) is 2.94. The number of nitrogens with one attached hydrogen (secondary N) is 1. The van der Waals surface area contributed by atoms with E-state index in [-0.39, 0.29) is 11.6 Å². The predicted molar refractivity (Wildman–Crippen MR) is 70.7 cm³/mol. The summed E-state index contributed by atoms with van der Waals surface area (Å²) in [5, 5.41) is 7.66. The van der Waals surface area contributed by atoms with Crippen molar-refractivity contribution in [1.29, 1.82) is 0 Å². The second-order valence-electron chi connectivity index (χ2n) is 5.85. The summed E-state index contributed by atoms with van der Waals surface area (Å²) in [7, 11) is 0. The molecule has 2 aliphatic rings. The first-order valence-electron chi connectivity index (χ1n) is 7.49. The maximum Gasteiger partial charge on any atom is 0.243 e. The molecule has 2 unspecified atom stereocenters. The summed E-state index contributed by atoms with van der Waals surface area (Å²) in [6.07, 6.45) is 8.10. The molecular formula is C14H23N3O2. The molecule has 5 nitrogen and oxygen atoms in total. The minimum absolute atomic E-state index is 0.218. The van der Waals surface area contributed by atoms with Crippen LogP contribution in [0.25, 0.3) is 0 Å². The van der Waals surface area contributed by atoms with Gasteiger partial charge in [0.15, 0.2) is 0 Å². The number of ether oxygens (including phenoxy) is 1. The highest BCUT2D eigenvalue weighted by Crippen LogP contribution is 2.33. The van der Waals surface area contributed by atoms with Crippen LogP contribution in [0.4, 0.5) is 0 Å². The Kier molecular flexibility index (Phi) is 3.84. The first kappa shape index (κ1) is 13.1. The Hall–Kier alpha value is -0.940. The second-order valence-corrected chi connectivity index (χ2v) is 5.85. The molecule has 1 aromatic heterocycles. The zero-order valence-electron chi connectivity index (χ0n) is 11.7. The van der Waals surface area contributed by atoms with Crippen molar-refractivity contribution in [2.24, 2.45) is 0 Å². The molecule has 1 N–H and O–H groups in total. The Morgan fingerprint density at radius 1 is 1.21 bits per heavy atom. The minimum atomic E-state index is -0.356. The summed E-state index contributed by atoms with van der Waals surface area (Å²) in [5.41, 5.74) is -0.356. The lowest BCUT2D eigenvalue weighted by molar-refractivity contribution is -0.0770. The smallest absolute Gasteiger partial charge is 0.243 e. The third-order valence-electron chi connectivity index (χ3n) is 4.24. The molecule has 0 amide bonds. The van der Waals surface area contributed by atoms with Crippen LogP contribution in [0.1, 0.15) is 69.6 Å². The Morgan fingerprint density at radius 3 is 3.00 bits per heavy atom. The van der Waals surface area contributed by atoms with E-state index in [0.29, 0.717) is 5.82 Å². The van der Waals surface area contributed by atoms with E-state index in [2.05, 4.69) is 22.4 Å². The van der Waals surface area contributed by atoms with E-state index in [4.69, 9.17) is 9.26 Å². The van der Waals surface area contributed by atoms with Gasteiger partial charge in [-0.25, -0.2) is 0 Å². The lowest BCUT2D eigenvalue weighted by atomic mass is 9.95. The SMILES string of the molecule is CC1(c2noc(C3CCCCCN3)n2)CCCCO1. The number of nitrogens with zero attached hydrogens (tertiary/aromatic N) is 2. The molecule has 1 aromatic rings. The van der Waals surface area contributed by atoms with E-state index < -0.39 is 0 Å². The van der Waals surface area contributed by atoms with Gasteiger partial charge in [-0.2, -0.15) is 4.98 Å². The molecule has 2 aliphatic heterocycles. The fourth-order valence-corrected chi connectivity index (χ4v) is 2.94. The van der Waals surface area contributed by atoms with Crippen LogP contribution in [0.3, 0.4) is 0 Å². The van der Waals surface area contributed by atoms with E-state index in [1.165, 1.54) is 25.7 Å². The molecule has 19 heavy (non-hydrogen) atoms. The van der Waals surface area contributed by atoms with Crippen LogP contribution in [-0.2, 0) is 10.3 Å². The molecule has 0 radical (unpaired) electrons. The Bertz CT molecular complexity index is 405. The first-order chi connectivity index (χ1) is 9.28. The highest BCUT2D eigenvalue weighted by atomic mass is 16.5. The van der Waals surface area contributed by atoms with Crippen molar-refractivity contribution in [3.05, 3.63) is 11.7 Å². The Morgan fingerprint density at radius 2 is 2.16 bits per heavy atom. The molecule has 3 rings (SSSR count). The van der Waals surface area contributed by atoms with Gasteiger partial charge in [0.05, 0.1) is 6.04 Å². The third-order valence-corrected chi connectivity index (χ3v) is 4.24. The zero-order chi connectivity index (χ0) is 13.1. The standard InChI is InChI=1S/C14H23N3O2/c1-14(8-4-6-10-18-14)13-16-12(19-17-13)11-7-3-2-5-9-15-11/h11,15H,2-10H2,1H3. The van der Waals surface area contributed by atoms with E-state index in [9.17, 15) is 0 Å². The van der Waals surface area contributed by atoms with Crippen molar-refractivity contribution in [2.45, 2.75) is 63.5 Å². The largest absolute Gasteiger partial charge is 0.367 e. The Labute approximate surface area is 114 Å². The molecule has 0 aromatic carbocycles. The van der Waals surface area contributed by atoms with Crippen molar-refractivity contribution >= 4 is 0 Å². The molecule has 0 aliphatic carbocycles. The maximum absolute atomic E-state index is 5.87. The average molecular weight is 265 g/mol. The Balaban J connectivity index is 1.74. The molecule has 0 bridgehead atoms. The summed E-state index contributed by atoms with van der Waals surface area (Å²) in [6.45, 7) is 3.90. The van der Waals surface area contributed by atoms with Gasteiger partial charge in [-0.1, -0.05) is 18.0 Å². The quantitative estimate of drug-likeness (QED) is 0.891. The van der Waals surface area contributed by atoms with Crippen LogP contribution < -0.4 is 5.32 Å².